The van der Waals surface area contributed by atoms with E-state index in [1.54, 1.807) is 18.2 Å². The van der Waals surface area contributed by atoms with E-state index >= 15 is 0 Å². The number of piperidine rings is 1. The number of carbonyl (C=O) groups excluding carboxylic acids is 1. The van der Waals surface area contributed by atoms with Crippen molar-refractivity contribution in [1.82, 2.24) is 10.5 Å². The van der Waals surface area contributed by atoms with E-state index in [1.165, 1.54) is 0 Å². The average molecular weight is 390 g/mol. The second-order valence-corrected chi connectivity index (χ2v) is 7.46. The molecule has 1 saturated heterocycles. The number of nitrogens with zero attached hydrogens (tertiary/aromatic N) is 2. The zero-order chi connectivity index (χ0) is 19.1. The Hall–Kier alpha value is -1.96. The van der Waals surface area contributed by atoms with Gasteiger partial charge >= 0.3 is 6.18 Å². The summed E-state index contributed by atoms with van der Waals surface area (Å²) in [6, 6.07) is 5.19. The number of fused-ring (bicyclic) bond motifs is 1. The predicted octanol–water partition coefficient (Wildman–Crippen LogP) is 4.15. The van der Waals surface area contributed by atoms with E-state index in [9.17, 15) is 18.0 Å². The van der Waals surface area contributed by atoms with Gasteiger partial charge in [-0.2, -0.15) is 13.2 Å². The van der Waals surface area contributed by atoms with Crippen LogP contribution in [-0.2, 0) is 4.79 Å². The molecule has 1 aromatic carbocycles. The van der Waals surface area contributed by atoms with Crippen molar-refractivity contribution in [2.45, 2.75) is 38.4 Å². The number of amides is 1. The Kier molecular flexibility index (Phi) is 4.81. The molecule has 1 aliphatic heterocycles. The first kappa shape index (κ1) is 18.8. The minimum absolute atomic E-state index is 0.439. The predicted molar refractivity (Wildman–Crippen MR) is 92.2 cm³/mol. The van der Waals surface area contributed by atoms with Gasteiger partial charge < -0.3 is 14.7 Å². The van der Waals surface area contributed by atoms with E-state index in [0.29, 0.717) is 42.4 Å². The number of nitrogens with one attached hydrogen (secondary N) is 1. The number of benzene rings is 1. The summed E-state index contributed by atoms with van der Waals surface area (Å²) in [5.74, 6) is -0.397. The summed E-state index contributed by atoms with van der Waals surface area (Å²) in [5, 5.41) is 7.52. The van der Waals surface area contributed by atoms with Gasteiger partial charge in [0.25, 0.3) is 0 Å². The van der Waals surface area contributed by atoms with E-state index in [-0.39, 0.29) is 0 Å². The fraction of sp³-hybridized carbons (Fsp3) is 0.529. The maximum atomic E-state index is 12.9. The van der Waals surface area contributed by atoms with Crippen LogP contribution in [0.3, 0.4) is 0 Å². The Morgan fingerprint density at radius 1 is 1.31 bits per heavy atom. The minimum atomic E-state index is -4.50. The molecule has 142 valence electrons. The largest absolute Gasteiger partial charge is 0.410 e. The van der Waals surface area contributed by atoms with E-state index in [4.69, 9.17) is 16.1 Å². The van der Waals surface area contributed by atoms with Crippen molar-refractivity contribution in [2.75, 3.05) is 18.0 Å². The summed E-state index contributed by atoms with van der Waals surface area (Å²) in [7, 11) is 0. The maximum Gasteiger partial charge on any atom is 0.410 e. The van der Waals surface area contributed by atoms with Gasteiger partial charge in [0.2, 0.25) is 5.91 Å². The number of halogens is 4. The highest BCUT2D eigenvalue weighted by molar-refractivity contribution is 6.31. The fourth-order valence-electron chi connectivity index (χ4n) is 2.96. The van der Waals surface area contributed by atoms with Crippen molar-refractivity contribution >= 4 is 34.3 Å². The topological polar surface area (TPSA) is 58.4 Å². The van der Waals surface area contributed by atoms with Crippen LogP contribution < -0.4 is 10.2 Å². The van der Waals surface area contributed by atoms with Crippen LogP contribution in [0.25, 0.3) is 11.0 Å². The van der Waals surface area contributed by atoms with Gasteiger partial charge in [-0.05, 0) is 44.9 Å². The van der Waals surface area contributed by atoms with Crippen LogP contribution >= 0.6 is 11.6 Å². The van der Waals surface area contributed by atoms with Crippen molar-refractivity contribution < 1.29 is 22.5 Å². The number of alkyl halides is 3. The Bertz CT molecular complexity index is 811. The first-order valence-corrected chi connectivity index (χ1v) is 8.65. The number of anilines is 1. The molecule has 0 spiro atoms. The summed E-state index contributed by atoms with van der Waals surface area (Å²) in [6.45, 7) is 2.92. The first-order valence-electron chi connectivity index (χ1n) is 8.27. The summed E-state index contributed by atoms with van der Waals surface area (Å²) in [4.78, 5) is 14.2. The highest BCUT2D eigenvalue weighted by Gasteiger charge is 2.49. The average Bonchev–Trinajstić information content (AvgIpc) is 2.96. The normalized spacial score (nSPS) is 16.9. The smallest absolute Gasteiger partial charge is 0.354 e. The molecule has 1 aromatic heterocycles. The molecule has 5 nitrogen and oxygen atoms in total. The first-order chi connectivity index (χ1) is 12.1. The third-order valence-electron chi connectivity index (χ3n) is 4.72. The molecule has 3 rings (SSSR count). The van der Waals surface area contributed by atoms with Crippen LogP contribution in [0.4, 0.5) is 19.0 Å². The zero-order valence-corrected chi connectivity index (χ0v) is 15.1. The lowest BCUT2D eigenvalue weighted by molar-refractivity contribution is -0.189. The molecule has 26 heavy (non-hydrogen) atoms. The van der Waals surface area contributed by atoms with Crippen molar-refractivity contribution in [3.8, 4) is 0 Å². The number of aromatic nitrogens is 1. The lowest BCUT2D eigenvalue weighted by Crippen LogP contribution is -2.56. The molecule has 0 aliphatic carbocycles. The SMILES string of the molecule is CC(C)(NC(=O)C1CCN(c2noc3ccc(Cl)cc23)CC1)C(F)(F)F. The molecular weight excluding hydrogens is 371 g/mol. The molecule has 1 aliphatic rings. The highest BCUT2D eigenvalue weighted by Crippen LogP contribution is 2.33. The Balaban J connectivity index is 1.65. The highest BCUT2D eigenvalue weighted by atomic mass is 35.5. The number of hydrogen-bond acceptors (Lipinski definition) is 4. The molecule has 1 N–H and O–H groups in total. The third-order valence-corrected chi connectivity index (χ3v) is 4.96. The number of carbonyl (C=O) groups is 1. The van der Waals surface area contributed by atoms with Gasteiger partial charge in [-0.3, -0.25) is 4.79 Å². The van der Waals surface area contributed by atoms with Gasteiger partial charge in [0.05, 0.1) is 5.39 Å². The van der Waals surface area contributed by atoms with Crippen LogP contribution in [0.5, 0.6) is 0 Å². The van der Waals surface area contributed by atoms with Crippen LogP contribution in [0.15, 0.2) is 22.7 Å². The minimum Gasteiger partial charge on any atom is -0.354 e. The molecule has 0 bridgehead atoms. The standard InChI is InChI=1S/C17H19ClF3N3O2/c1-16(2,17(19,20)21)22-15(25)10-5-7-24(8-6-10)14-12-9-11(18)3-4-13(12)26-23-14/h3-4,9-10H,5-8H2,1-2H3,(H,22,25). The lowest BCUT2D eigenvalue weighted by Gasteiger charge is -2.34. The van der Waals surface area contributed by atoms with Gasteiger partial charge in [0.15, 0.2) is 11.4 Å². The van der Waals surface area contributed by atoms with Gasteiger partial charge in [0.1, 0.15) is 5.54 Å². The lowest BCUT2D eigenvalue weighted by atomic mass is 9.94. The van der Waals surface area contributed by atoms with Gasteiger partial charge in [0, 0.05) is 24.0 Å². The Labute approximate surface area is 153 Å². The van der Waals surface area contributed by atoms with E-state index in [2.05, 4.69) is 10.5 Å². The molecule has 9 heteroatoms. The third kappa shape index (κ3) is 3.60. The molecule has 2 aromatic rings. The molecular formula is C17H19ClF3N3O2. The zero-order valence-electron chi connectivity index (χ0n) is 14.4. The number of hydrogen-bond donors (Lipinski definition) is 1. The molecule has 0 atom stereocenters. The molecule has 1 fully saturated rings. The van der Waals surface area contributed by atoms with Crippen molar-refractivity contribution in [2.24, 2.45) is 5.92 Å². The van der Waals surface area contributed by atoms with Crippen LogP contribution in [0.2, 0.25) is 5.02 Å². The monoisotopic (exact) mass is 389 g/mol. The quantitative estimate of drug-likeness (QED) is 0.856. The van der Waals surface area contributed by atoms with Crippen molar-refractivity contribution in [3.63, 3.8) is 0 Å². The fourth-order valence-corrected chi connectivity index (χ4v) is 3.13. The molecule has 0 saturated carbocycles. The van der Waals surface area contributed by atoms with Gasteiger partial charge in [-0.15, -0.1) is 0 Å². The summed E-state index contributed by atoms with van der Waals surface area (Å²) >= 11 is 6.02. The Morgan fingerprint density at radius 3 is 2.58 bits per heavy atom. The number of rotatable bonds is 3. The maximum absolute atomic E-state index is 12.9. The van der Waals surface area contributed by atoms with E-state index in [0.717, 1.165) is 19.2 Å². The summed E-state index contributed by atoms with van der Waals surface area (Å²) in [6.07, 6.45) is -3.62. The van der Waals surface area contributed by atoms with Crippen molar-refractivity contribution in [3.05, 3.63) is 23.2 Å². The van der Waals surface area contributed by atoms with Crippen LogP contribution in [0.1, 0.15) is 26.7 Å². The Morgan fingerprint density at radius 2 is 1.96 bits per heavy atom. The molecule has 1 amide bonds. The van der Waals surface area contributed by atoms with E-state index < -0.39 is 23.5 Å². The molecule has 0 unspecified atom stereocenters. The van der Waals surface area contributed by atoms with Gasteiger partial charge in [-0.25, -0.2) is 0 Å². The van der Waals surface area contributed by atoms with Crippen LogP contribution in [-0.4, -0.2) is 35.9 Å². The summed E-state index contributed by atoms with van der Waals surface area (Å²) in [5.41, 5.74) is -1.64. The van der Waals surface area contributed by atoms with Gasteiger partial charge in [-0.1, -0.05) is 16.8 Å². The second kappa shape index (κ2) is 6.64. The summed E-state index contributed by atoms with van der Waals surface area (Å²) < 4.78 is 44.1. The second-order valence-electron chi connectivity index (χ2n) is 7.02. The molecule has 2 heterocycles. The van der Waals surface area contributed by atoms with Crippen molar-refractivity contribution in [1.29, 1.82) is 0 Å². The molecule has 0 radical (unpaired) electrons. The van der Waals surface area contributed by atoms with E-state index in [1.807, 2.05) is 4.90 Å². The van der Waals surface area contributed by atoms with Crippen LogP contribution in [0, 0.1) is 5.92 Å².